The van der Waals surface area contributed by atoms with Crippen LogP contribution in [0.4, 0.5) is 18.3 Å². The largest absolute Gasteiger partial charge is 0.488 e. The van der Waals surface area contributed by atoms with E-state index in [1.165, 1.54) is 6.07 Å². The summed E-state index contributed by atoms with van der Waals surface area (Å²) in [7, 11) is 0. The van der Waals surface area contributed by atoms with Crippen molar-refractivity contribution in [1.82, 2.24) is 4.98 Å². The van der Waals surface area contributed by atoms with Gasteiger partial charge in [0, 0.05) is 5.02 Å². The van der Waals surface area contributed by atoms with Gasteiger partial charge < -0.3 is 9.47 Å². The fourth-order valence-corrected chi connectivity index (χ4v) is 3.93. The Balaban J connectivity index is 1.37. The molecule has 1 heterocycles. The standard InChI is InChI=1S/C23H14ClF3N2O4S/c24-13-7-5-12(6-8-13)10-32-16-4-2-1-3-14(16)22(31)33-11-18(30)28-23-29-21-17(34-23)9-15(25)19(26)20(21)27/h1-9H,10-11H2,(H,28,29,30). The first-order chi connectivity index (χ1) is 16.3. The van der Waals surface area contributed by atoms with Crippen LogP contribution < -0.4 is 10.1 Å². The van der Waals surface area contributed by atoms with Crippen molar-refractivity contribution in [3.8, 4) is 5.75 Å². The Bertz CT molecular complexity index is 1380. The number of hydrogen-bond donors (Lipinski definition) is 1. The number of thiazole rings is 1. The summed E-state index contributed by atoms with van der Waals surface area (Å²) < 4.78 is 51.3. The summed E-state index contributed by atoms with van der Waals surface area (Å²) in [6.45, 7) is -0.497. The molecule has 6 nitrogen and oxygen atoms in total. The zero-order valence-corrected chi connectivity index (χ0v) is 18.7. The maximum atomic E-state index is 13.8. The smallest absolute Gasteiger partial charge is 0.342 e. The summed E-state index contributed by atoms with van der Waals surface area (Å²) in [4.78, 5) is 28.4. The van der Waals surface area contributed by atoms with E-state index in [1.807, 2.05) is 0 Å². The summed E-state index contributed by atoms with van der Waals surface area (Å²) in [6.07, 6.45) is 0. The number of ether oxygens (including phenoxy) is 2. The highest BCUT2D eigenvalue weighted by Crippen LogP contribution is 2.30. The van der Waals surface area contributed by atoms with Crippen LogP contribution in [0.25, 0.3) is 10.2 Å². The molecule has 0 radical (unpaired) electrons. The SMILES string of the molecule is O=C(COC(=O)c1ccccc1OCc1ccc(Cl)cc1)Nc1nc2c(F)c(F)c(F)cc2s1. The van der Waals surface area contributed by atoms with E-state index in [9.17, 15) is 22.8 Å². The molecule has 0 spiro atoms. The molecule has 0 atom stereocenters. The van der Waals surface area contributed by atoms with Gasteiger partial charge in [-0.2, -0.15) is 0 Å². The Hall–Kier alpha value is -3.63. The Labute approximate surface area is 199 Å². The molecule has 0 saturated carbocycles. The number of anilines is 1. The molecule has 1 aromatic heterocycles. The summed E-state index contributed by atoms with van der Waals surface area (Å²) in [5.74, 6) is -5.78. The second kappa shape index (κ2) is 10.1. The third kappa shape index (κ3) is 5.29. The molecule has 0 fully saturated rings. The number of para-hydroxylation sites is 1. The Morgan fingerprint density at radius 1 is 1.03 bits per heavy atom. The molecule has 11 heteroatoms. The van der Waals surface area contributed by atoms with E-state index >= 15 is 0 Å². The van der Waals surface area contributed by atoms with Gasteiger partial charge >= 0.3 is 5.97 Å². The monoisotopic (exact) mass is 506 g/mol. The number of carbonyl (C=O) groups excluding carboxylic acids is 2. The van der Waals surface area contributed by atoms with Crippen LogP contribution in [0.15, 0.2) is 54.6 Å². The van der Waals surface area contributed by atoms with Gasteiger partial charge in [-0.05, 0) is 35.9 Å². The van der Waals surface area contributed by atoms with Crippen LogP contribution in [0.2, 0.25) is 5.02 Å². The quantitative estimate of drug-likeness (QED) is 0.255. The Morgan fingerprint density at radius 3 is 2.53 bits per heavy atom. The topological polar surface area (TPSA) is 77.5 Å². The van der Waals surface area contributed by atoms with Crippen molar-refractivity contribution in [2.45, 2.75) is 6.61 Å². The molecule has 1 amide bonds. The van der Waals surface area contributed by atoms with Crippen molar-refractivity contribution in [2.24, 2.45) is 0 Å². The van der Waals surface area contributed by atoms with E-state index < -0.39 is 41.5 Å². The third-order valence-electron chi connectivity index (χ3n) is 4.52. The van der Waals surface area contributed by atoms with Crippen molar-refractivity contribution in [2.75, 3.05) is 11.9 Å². The average molecular weight is 507 g/mol. The van der Waals surface area contributed by atoms with Crippen molar-refractivity contribution in [3.05, 3.63) is 88.2 Å². The minimum atomic E-state index is -1.65. The number of aromatic nitrogens is 1. The number of carbonyl (C=O) groups is 2. The second-order valence-electron chi connectivity index (χ2n) is 6.89. The number of benzene rings is 3. The van der Waals surface area contributed by atoms with Gasteiger partial charge in [0.15, 0.2) is 29.2 Å². The number of nitrogens with zero attached hydrogens (tertiary/aromatic N) is 1. The van der Waals surface area contributed by atoms with Gasteiger partial charge in [0.05, 0.1) is 4.70 Å². The highest BCUT2D eigenvalue weighted by molar-refractivity contribution is 7.22. The van der Waals surface area contributed by atoms with Crippen molar-refractivity contribution >= 4 is 50.2 Å². The third-order valence-corrected chi connectivity index (χ3v) is 5.69. The zero-order chi connectivity index (χ0) is 24.2. The van der Waals surface area contributed by atoms with Crippen LogP contribution in [0.3, 0.4) is 0 Å². The molecule has 0 aliphatic heterocycles. The highest BCUT2D eigenvalue weighted by Gasteiger charge is 2.19. The molecule has 4 aromatic rings. The summed E-state index contributed by atoms with van der Waals surface area (Å²) in [5, 5.41) is 2.79. The van der Waals surface area contributed by atoms with Crippen molar-refractivity contribution in [1.29, 1.82) is 0 Å². The van der Waals surface area contributed by atoms with Gasteiger partial charge in [0.1, 0.15) is 23.4 Å². The normalized spacial score (nSPS) is 10.8. The van der Waals surface area contributed by atoms with Gasteiger partial charge in [-0.15, -0.1) is 0 Å². The number of hydrogen-bond acceptors (Lipinski definition) is 6. The van der Waals surface area contributed by atoms with Crippen LogP contribution in [0.1, 0.15) is 15.9 Å². The molecule has 0 aliphatic carbocycles. The number of halogens is 4. The number of esters is 1. The first-order valence-electron chi connectivity index (χ1n) is 9.69. The van der Waals surface area contributed by atoms with Crippen molar-refractivity contribution in [3.63, 3.8) is 0 Å². The number of amides is 1. The molecule has 1 N–H and O–H groups in total. The summed E-state index contributed by atoms with van der Waals surface area (Å²) >= 11 is 6.60. The zero-order valence-electron chi connectivity index (χ0n) is 17.1. The van der Waals surface area contributed by atoms with E-state index in [2.05, 4.69) is 10.3 Å². The Kier molecular flexibility index (Phi) is 6.99. The minimum absolute atomic E-state index is 0.00968. The maximum absolute atomic E-state index is 13.8. The molecular weight excluding hydrogens is 493 g/mol. The minimum Gasteiger partial charge on any atom is -0.488 e. The predicted octanol–water partition coefficient (Wildman–Crippen LogP) is 5.74. The van der Waals surface area contributed by atoms with Gasteiger partial charge in [0.2, 0.25) is 0 Å². The van der Waals surface area contributed by atoms with Gasteiger partial charge in [-0.25, -0.2) is 22.9 Å². The van der Waals surface area contributed by atoms with E-state index in [0.717, 1.165) is 23.0 Å². The molecule has 174 valence electrons. The Morgan fingerprint density at radius 2 is 1.76 bits per heavy atom. The van der Waals surface area contributed by atoms with Gasteiger partial charge in [-0.3, -0.25) is 10.1 Å². The van der Waals surface area contributed by atoms with Gasteiger partial charge in [0.25, 0.3) is 5.91 Å². The molecule has 0 bridgehead atoms. The fourth-order valence-electron chi connectivity index (χ4n) is 2.89. The molecule has 4 rings (SSSR count). The lowest BCUT2D eigenvalue weighted by molar-refractivity contribution is -0.119. The second-order valence-corrected chi connectivity index (χ2v) is 8.35. The first kappa shape index (κ1) is 23.5. The van der Waals surface area contributed by atoms with Crippen LogP contribution in [0.5, 0.6) is 5.75 Å². The lowest BCUT2D eigenvalue weighted by Crippen LogP contribution is -2.21. The molecule has 0 saturated heterocycles. The fraction of sp³-hybridized carbons (Fsp3) is 0.0870. The van der Waals surface area contributed by atoms with Crippen molar-refractivity contribution < 1.29 is 32.2 Å². The lowest BCUT2D eigenvalue weighted by atomic mass is 10.2. The molecule has 3 aromatic carbocycles. The van der Waals surface area contributed by atoms with Crippen LogP contribution >= 0.6 is 22.9 Å². The molecule has 0 aliphatic rings. The van der Waals surface area contributed by atoms with Crippen LogP contribution in [-0.2, 0) is 16.1 Å². The first-order valence-corrected chi connectivity index (χ1v) is 10.9. The summed E-state index contributed by atoms with van der Waals surface area (Å²) in [5.41, 5.74) is 0.527. The molecule has 0 unspecified atom stereocenters. The van der Waals surface area contributed by atoms with E-state index in [4.69, 9.17) is 21.1 Å². The number of rotatable bonds is 7. The number of nitrogens with one attached hydrogen (secondary N) is 1. The highest BCUT2D eigenvalue weighted by atomic mass is 35.5. The lowest BCUT2D eigenvalue weighted by Gasteiger charge is -2.11. The average Bonchev–Trinajstić information content (AvgIpc) is 3.23. The number of fused-ring (bicyclic) bond motifs is 1. The van der Waals surface area contributed by atoms with Crippen LogP contribution in [-0.4, -0.2) is 23.5 Å². The maximum Gasteiger partial charge on any atom is 0.342 e. The van der Waals surface area contributed by atoms with Gasteiger partial charge in [-0.1, -0.05) is 47.2 Å². The van der Waals surface area contributed by atoms with E-state index in [-0.39, 0.29) is 27.8 Å². The molecular formula is C23H14ClF3N2O4S. The molecule has 34 heavy (non-hydrogen) atoms. The van der Waals surface area contributed by atoms with E-state index in [0.29, 0.717) is 5.02 Å². The van der Waals surface area contributed by atoms with Crippen LogP contribution in [0, 0.1) is 17.5 Å². The van der Waals surface area contributed by atoms with E-state index in [1.54, 1.807) is 42.5 Å². The summed E-state index contributed by atoms with van der Waals surface area (Å²) in [6, 6.07) is 14.1. The predicted molar refractivity (Wildman–Crippen MR) is 121 cm³/mol.